The van der Waals surface area contributed by atoms with E-state index in [-0.39, 0.29) is 48.1 Å². The van der Waals surface area contributed by atoms with Crippen molar-refractivity contribution in [1.29, 1.82) is 0 Å². The second kappa shape index (κ2) is 11.3. The normalized spacial score (nSPS) is 15.6. The summed E-state index contributed by atoms with van der Waals surface area (Å²) in [5, 5.41) is 0. The second-order valence-corrected chi connectivity index (χ2v) is 11.7. The van der Waals surface area contributed by atoms with E-state index < -0.39 is 11.6 Å². The van der Waals surface area contributed by atoms with Crippen LogP contribution < -0.4 is 14.4 Å². The predicted octanol–water partition coefficient (Wildman–Crippen LogP) is 6.09. The highest BCUT2D eigenvalue weighted by Gasteiger charge is 2.39. The molecule has 4 aromatic rings. The molecule has 1 fully saturated rings. The maximum absolute atomic E-state index is 14.9. The second-order valence-electron chi connectivity index (χ2n) is 11.7. The van der Waals surface area contributed by atoms with Gasteiger partial charge in [0, 0.05) is 35.7 Å². The first-order valence-corrected chi connectivity index (χ1v) is 14.3. The molecule has 10 heteroatoms. The van der Waals surface area contributed by atoms with Gasteiger partial charge in [0.15, 0.2) is 0 Å². The molecule has 44 heavy (non-hydrogen) atoms. The number of rotatable bonds is 8. The summed E-state index contributed by atoms with van der Waals surface area (Å²) in [4.78, 5) is 39.0. The van der Waals surface area contributed by atoms with Gasteiger partial charge in [0.25, 0.3) is 5.91 Å². The Balaban J connectivity index is 1.37. The number of anilines is 1. The van der Waals surface area contributed by atoms with Crippen molar-refractivity contribution in [1.82, 2.24) is 14.9 Å². The highest BCUT2D eigenvalue weighted by molar-refractivity contribution is 6.00. The smallest absolute Gasteiger partial charge is 0.256 e. The lowest BCUT2D eigenvalue weighted by molar-refractivity contribution is -0.117. The lowest BCUT2D eigenvalue weighted by Crippen LogP contribution is -2.40. The van der Waals surface area contributed by atoms with E-state index in [1.807, 2.05) is 32.0 Å². The van der Waals surface area contributed by atoms with Crippen molar-refractivity contribution in [3.05, 3.63) is 101 Å². The Bertz CT molecular complexity index is 1750. The fraction of sp³-hybridized carbons (Fsp3) is 0.294. The molecule has 8 nitrogen and oxygen atoms in total. The van der Waals surface area contributed by atoms with Crippen molar-refractivity contribution < 1.29 is 27.8 Å². The molecule has 226 valence electrons. The van der Waals surface area contributed by atoms with Gasteiger partial charge in [-0.2, -0.15) is 0 Å². The van der Waals surface area contributed by atoms with E-state index in [0.717, 1.165) is 12.0 Å². The van der Waals surface area contributed by atoms with Crippen LogP contribution in [0.4, 0.5) is 14.5 Å². The molecule has 0 N–H and O–H groups in total. The molecular weight excluding hydrogens is 566 g/mol. The highest BCUT2D eigenvalue weighted by Crippen LogP contribution is 2.36. The summed E-state index contributed by atoms with van der Waals surface area (Å²) in [6, 6.07) is 14.3. The van der Waals surface area contributed by atoms with Crippen molar-refractivity contribution in [2.24, 2.45) is 0 Å². The molecule has 2 aliphatic rings. The largest absolute Gasteiger partial charge is 0.497 e. The molecule has 0 bridgehead atoms. The van der Waals surface area contributed by atoms with Gasteiger partial charge in [0.1, 0.15) is 23.1 Å². The maximum atomic E-state index is 14.9. The topological polar surface area (TPSA) is 84.9 Å². The van der Waals surface area contributed by atoms with Gasteiger partial charge in [0.05, 0.1) is 61.7 Å². The van der Waals surface area contributed by atoms with Gasteiger partial charge in [-0.05, 0) is 68.3 Å². The standard InChI is InChI=1S/C34H32F2N4O4/c1-34(2)13-12-30(41)40(34)23-10-9-22(37-17-23)14-21-15-27(32-25(35)6-5-7-26(32)36)38-28-19-39(33(42)31(21)28)18-20-8-11-24(43-3)16-29(20)44-4/h5-11,15-17H,12-14,18-19H2,1-4H3. The van der Waals surface area contributed by atoms with Gasteiger partial charge < -0.3 is 19.3 Å². The van der Waals surface area contributed by atoms with Crippen molar-refractivity contribution in [2.75, 3.05) is 19.1 Å². The van der Waals surface area contributed by atoms with E-state index in [1.165, 1.54) is 18.2 Å². The molecule has 0 radical (unpaired) electrons. The van der Waals surface area contributed by atoms with Gasteiger partial charge in [-0.25, -0.2) is 13.8 Å². The van der Waals surface area contributed by atoms with Crippen LogP contribution in [0.25, 0.3) is 11.3 Å². The molecule has 1 saturated heterocycles. The average molecular weight is 599 g/mol. The summed E-state index contributed by atoms with van der Waals surface area (Å²) in [7, 11) is 3.11. The van der Waals surface area contributed by atoms with E-state index in [4.69, 9.17) is 9.47 Å². The van der Waals surface area contributed by atoms with Gasteiger partial charge in [-0.1, -0.05) is 6.07 Å². The minimum Gasteiger partial charge on any atom is -0.497 e. The Morgan fingerprint density at radius 1 is 0.932 bits per heavy atom. The van der Waals surface area contributed by atoms with Crippen LogP contribution in [0.1, 0.15) is 59.6 Å². The zero-order valence-corrected chi connectivity index (χ0v) is 25.0. The number of amides is 2. The third kappa shape index (κ3) is 5.25. The number of pyridine rings is 2. The minimum atomic E-state index is -0.743. The number of methoxy groups -OCH3 is 2. The number of hydrogen-bond acceptors (Lipinski definition) is 6. The van der Waals surface area contributed by atoms with Crippen LogP contribution >= 0.6 is 0 Å². The fourth-order valence-corrected chi connectivity index (χ4v) is 6.08. The Hall–Kier alpha value is -4.86. The number of carbonyl (C=O) groups is 2. The van der Waals surface area contributed by atoms with E-state index in [0.29, 0.717) is 46.1 Å². The molecule has 2 amide bonds. The van der Waals surface area contributed by atoms with Gasteiger partial charge >= 0.3 is 0 Å². The lowest BCUT2D eigenvalue weighted by atomic mass is 9.98. The van der Waals surface area contributed by atoms with Crippen LogP contribution in [0.2, 0.25) is 0 Å². The summed E-state index contributed by atoms with van der Waals surface area (Å²) >= 11 is 0. The summed E-state index contributed by atoms with van der Waals surface area (Å²) in [5.74, 6) is -0.493. The molecule has 0 atom stereocenters. The lowest BCUT2D eigenvalue weighted by Gasteiger charge is -2.31. The number of nitrogens with zero attached hydrogens (tertiary/aromatic N) is 4. The van der Waals surface area contributed by atoms with Crippen LogP contribution in [-0.4, -0.2) is 46.4 Å². The van der Waals surface area contributed by atoms with E-state index in [9.17, 15) is 18.4 Å². The van der Waals surface area contributed by atoms with Gasteiger partial charge in [-0.15, -0.1) is 0 Å². The number of benzene rings is 2. The number of carbonyl (C=O) groups excluding carboxylic acids is 2. The molecule has 2 aromatic carbocycles. The molecule has 6 rings (SSSR count). The zero-order valence-electron chi connectivity index (χ0n) is 25.0. The molecule has 0 aliphatic carbocycles. The van der Waals surface area contributed by atoms with Crippen molar-refractivity contribution in [3.63, 3.8) is 0 Å². The Labute approximate surface area is 254 Å². The first kappa shape index (κ1) is 29.2. The molecule has 0 saturated carbocycles. The minimum absolute atomic E-state index is 0.0484. The molecule has 0 spiro atoms. The van der Waals surface area contributed by atoms with Crippen LogP contribution in [0.15, 0.2) is 60.8 Å². The monoisotopic (exact) mass is 598 g/mol. The number of fused-ring (bicyclic) bond motifs is 1. The maximum Gasteiger partial charge on any atom is 0.256 e. The average Bonchev–Trinajstić information content (AvgIpc) is 3.46. The molecule has 0 unspecified atom stereocenters. The molecule has 4 heterocycles. The highest BCUT2D eigenvalue weighted by atomic mass is 19.1. The van der Waals surface area contributed by atoms with Crippen LogP contribution in [-0.2, 0) is 24.3 Å². The third-order valence-electron chi connectivity index (χ3n) is 8.34. The SMILES string of the molecule is COc1ccc(CN2Cc3nc(-c4c(F)cccc4F)cc(Cc4ccc(N5C(=O)CCC5(C)C)cn4)c3C2=O)c(OC)c1. The Morgan fingerprint density at radius 2 is 1.70 bits per heavy atom. The zero-order chi connectivity index (χ0) is 31.2. The van der Waals surface area contributed by atoms with Gasteiger partial charge in [0.2, 0.25) is 5.91 Å². The van der Waals surface area contributed by atoms with E-state index in [1.54, 1.807) is 48.4 Å². The summed E-state index contributed by atoms with van der Waals surface area (Å²) in [6.45, 7) is 4.43. The molecule has 2 aromatic heterocycles. The first-order chi connectivity index (χ1) is 21.1. The van der Waals surface area contributed by atoms with Gasteiger partial charge in [-0.3, -0.25) is 14.6 Å². The van der Waals surface area contributed by atoms with Crippen molar-refractivity contribution in [2.45, 2.75) is 51.7 Å². The summed E-state index contributed by atoms with van der Waals surface area (Å²) < 4.78 is 40.6. The Kier molecular flexibility index (Phi) is 7.53. The van der Waals surface area contributed by atoms with E-state index in [2.05, 4.69) is 9.97 Å². The molecular formula is C34H32F2N4O4. The number of halogens is 2. The first-order valence-electron chi connectivity index (χ1n) is 14.3. The summed E-state index contributed by atoms with van der Waals surface area (Å²) in [5.41, 5.74) is 3.02. The number of aromatic nitrogens is 2. The van der Waals surface area contributed by atoms with Crippen molar-refractivity contribution >= 4 is 17.5 Å². The fourth-order valence-electron chi connectivity index (χ4n) is 6.08. The Morgan fingerprint density at radius 3 is 2.34 bits per heavy atom. The van der Waals surface area contributed by atoms with Crippen LogP contribution in [0.5, 0.6) is 11.5 Å². The molecule has 2 aliphatic heterocycles. The third-order valence-corrected chi connectivity index (χ3v) is 8.34. The summed E-state index contributed by atoms with van der Waals surface area (Å²) in [6.07, 6.45) is 3.11. The van der Waals surface area contributed by atoms with Crippen LogP contribution in [0, 0.1) is 11.6 Å². The number of ether oxygens (including phenoxy) is 2. The quantitative estimate of drug-likeness (QED) is 0.244. The van der Waals surface area contributed by atoms with Crippen molar-refractivity contribution in [3.8, 4) is 22.8 Å². The number of hydrogen-bond donors (Lipinski definition) is 0. The van der Waals surface area contributed by atoms with E-state index >= 15 is 0 Å². The van der Waals surface area contributed by atoms with Crippen LogP contribution in [0.3, 0.4) is 0 Å². The predicted molar refractivity (Wildman–Crippen MR) is 161 cm³/mol.